The maximum absolute atomic E-state index is 12.6. The molecule has 3 rings (SSSR count). The van der Waals surface area contributed by atoms with Gasteiger partial charge in [-0.3, -0.25) is 14.7 Å². The number of methoxy groups -OCH3 is 2. The van der Waals surface area contributed by atoms with Crippen LogP contribution in [0.1, 0.15) is 35.3 Å². The summed E-state index contributed by atoms with van der Waals surface area (Å²) in [4.78, 5) is 23.5. The van der Waals surface area contributed by atoms with E-state index in [4.69, 9.17) is 9.47 Å². The molecule has 138 valence electrons. The summed E-state index contributed by atoms with van der Waals surface area (Å²) in [6.45, 7) is 2.62. The number of nitrogens with zero attached hydrogens (tertiary/aromatic N) is 3. The van der Waals surface area contributed by atoms with Gasteiger partial charge in [-0.2, -0.15) is 0 Å². The third kappa shape index (κ3) is 4.38. The molecule has 0 bridgehead atoms. The number of likely N-dealkylation sites (tertiary alicyclic amines) is 1. The molecule has 0 N–H and O–H groups in total. The summed E-state index contributed by atoms with van der Waals surface area (Å²) in [5, 5.41) is 0. The van der Waals surface area contributed by atoms with E-state index in [0.717, 1.165) is 38.2 Å². The van der Waals surface area contributed by atoms with Crippen LogP contribution >= 0.6 is 0 Å². The third-order valence-corrected chi connectivity index (χ3v) is 4.89. The number of Topliss-reactive ketones (excluding diaryl/α,β-unsaturated/α-hetero) is 1. The number of rotatable bonds is 7. The van der Waals surface area contributed by atoms with E-state index >= 15 is 0 Å². The number of ketones is 1. The van der Waals surface area contributed by atoms with Crippen molar-refractivity contribution < 1.29 is 14.3 Å². The molecule has 2 aromatic rings. The first-order valence-electron chi connectivity index (χ1n) is 8.93. The monoisotopic (exact) mass is 355 g/mol. The van der Waals surface area contributed by atoms with Crippen molar-refractivity contribution in [1.82, 2.24) is 14.9 Å². The largest absolute Gasteiger partial charge is 0.496 e. The average Bonchev–Trinajstić information content (AvgIpc) is 2.69. The van der Waals surface area contributed by atoms with Crippen LogP contribution in [0.4, 0.5) is 0 Å². The Kier molecular flexibility index (Phi) is 6.17. The van der Waals surface area contributed by atoms with Crippen LogP contribution in [0.15, 0.2) is 36.7 Å². The SMILES string of the molecule is COc1ccccc1C(=O)CC1CCN(Cc2nccnc2OC)CC1. The molecule has 0 aliphatic carbocycles. The van der Waals surface area contributed by atoms with Crippen molar-refractivity contribution >= 4 is 5.78 Å². The van der Waals surface area contributed by atoms with E-state index in [9.17, 15) is 4.79 Å². The quantitative estimate of drug-likeness (QED) is 0.712. The number of hydrogen-bond acceptors (Lipinski definition) is 6. The maximum atomic E-state index is 12.6. The zero-order valence-electron chi connectivity index (χ0n) is 15.4. The molecule has 0 saturated carbocycles. The van der Waals surface area contributed by atoms with E-state index in [-0.39, 0.29) is 5.78 Å². The van der Waals surface area contributed by atoms with Crippen LogP contribution in [-0.4, -0.2) is 48.0 Å². The Labute approximate surface area is 154 Å². The first-order valence-corrected chi connectivity index (χ1v) is 8.93. The van der Waals surface area contributed by atoms with Crippen molar-refractivity contribution in [1.29, 1.82) is 0 Å². The molecule has 1 aliphatic rings. The number of carbonyl (C=O) groups is 1. The number of ether oxygens (including phenoxy) is 2. The molecule has 26 heavy (non-hydrogen) atoms. The number of aromatic nitrogens is 2. The normalized spacial score (nSPS) is 15.6. The van der Waals surface area contributed by atoms with Crippen molar-refractivity contribution in [2.45, 2.75) is 25.8 Å². The summed E-state index contributed by atoms with van der Waals surface area (Å²) in [7, 11) is 3.22. The summed E-state index contributed by atoms with van der Waals surface area (Å²) < 4.78 is 10.6. The first-order chi connectivity index (χ1) is 12.7. The van der Waals surface area contributed by atoms with Gasteiger partial charge in [-0.25, -0.2) is 4.98 Å². The molecular weight excluding hydrogens is 330 g/mol. The molecular formula is C20H25N3O3. The van der Waals surface area contributed by atoms with E-state index in [1.165, 1.54) is 0 Å². The average molecular weight is 355 g/mol. The van der Waals surface area contributed by atoms with Gasteiger partial charge in [-0.1, -0.05) is 12.1 Å². The number of para-hydroxylation sites is 1. The van der Waals surface area contributed by atoms with Crippen LogP contribution in [0.25, 0.3) is 0 Å². The predicted molar refractivity (Wildman–Crippen MR) is 98.5 cm³/mol. The van der Waals surface area contributed by atoms with Crippen LogP contribution in [0.2, 0.25) is 0 Å². The molecule has 0 spiro atoms. The highest BCUT2D eigenvalue weighted by Crippen LogP contribution is 2.27. The topological polar surface area (TPSA) is 64.5 Å². The molecule has 1 saturated heterocycles. The van der Waals surface area contributed by atoms with Crippen LogP contribution < -0.4 is 9.47 Å². The molecule has 0 unspecified atom stereocenters. The standard InChI is InChI=1S/C20H25N3O3/c1-25-19-6-4-3-5-16(19)18(24)13-15-7-11-23(12-8-15)14-17-20(26-2)22-10-9-21-17/h3-6,9-10,15H,7-8,11-14H2,1-2H3. The van der Waals surface area contributed by atoms with Crippen LogP contribution in [-0.2, 0) is 6.54 Å². The third-order valence-electron chi connectivity index (χ3n) is 4.89. The smallest absolute Gasteiger partial charge is 0.236 e. The van der Waals surface area contributed by atoms with Crippen molar-refractivity contribution in [2.75, 3.05) is 27.3 Å². The Bertz CT molecular complexity index is 743. The highest BCUT2D eigenvalue weighted by atomic mass is 16.5. The minimum Gasteiger partial charge on any atom is -0.496 e. The highest BCUT2D eigenvalue weighted by Gasteiger charge is 2.24. The number of carbonyl (C=O) groups excluding carboxylic acids is 1. The minimum absolute atomic E-state index is 0.163. The second-order valence-electron chi connectivity index (χ2n) is 6.56. The molecule has 1 aliphatic heterocycles. The molecule has 6 nitrogen and oxygen atoms in total. The fraction of sp³-hybridized carbons (Fsp3) is 0.450. The van der Waals surface area contributed by atoms with Crippen LogP contribution in [0.5, 0.6) is 11.6 Å². The lowest BCUT2D eigenvalue weighted by atomic mass is 9.89. The van der Waals surface area contributed by atoms with Gasteiger partial charge in [0.1, 0.15) is 11.4 Å². The fourth-order valence-corrected chi connectivity index (χ4v) is 3.44. The van der Waals surface area contributed by atoms with Gasteiger partial charge in [0, 0.05) is 25.4 Å². The molecule has 0 amide bonds. The fourth-order valence-electron chi connectivity index (χ4n) is 3.44. The number of hydrogen-bond donors (Lipinski definition) is 0. The van der Waals surface area contributed by atoms with Crippen molar-refractivity contribution in [3.63, 3.8) is 0 Å². The van der Waals surface area contributed by atoms with Gasteiger partial charge in [0.05, 0.1) is 19.8 Å². The second-order valence-corrected chi connectivity index (χ2v) is 6.56. The van der Waals surface area contributed by atoms with Gasteiger partial charge in [-0.05, 0) is 44.0 Å². The van der Waals surface area contributed by atoms with E-state index in [1.54, 1.807) is 26.6 Å². The van der Waals surface area contributed by atoms with Crippen LogP contribution in [0, 0.1) is 5.92 Å². The van der Waals surface area contributed by atoms with Crippen LogP contribution in [0.3, 0.4) is 0 Å². The van der Waals surface area contributed by atoms with E-state index in [1.807, 2.05) is 24.3 Å². The summed E-state index contributed by atoms with van der Waals surface area (Å²) in [6, 6.07) is 7.45. The van der Waals surface area contributed by atoms with E-state index < -0.39 is 0 Å². The summed E-state index contributed by atoms with van der Waals surface area (Å²) >= 11 is 0. The molecule has 1 aromatic heterocycles. The van der Waals surface area contributed by atoms with Gasteiger partial charge in [0.15, 0.2) is 5.78 Å². The van der Waals surface area contributed by atoms with Gasteiger partial charge in [-0.15, -0.1) is 0 Å². The Morgan fingerprint density at radius 2 is 1.85 bits per heavy atom. The molecule has 0 radical (unpaired) electrons. The Balaban J connectivity index is 1.53. The lowest BCUT2D eigenvalue weighted by Crippen LogP contribution is -2.34. The zero-order chi connectivity index (χ0) is 18.4. The molecule has 2 heterocycles. The lowest BCUT2D eigenvalue weighted by Gasteiger charge is -2.31. The van der Waals surface area contributed by atoms with Gasteiger partial charge >= 0.3 is 0 Å². The van der Waals surface area contributed by atoms with Crippen molar-refractivity contribution in [3.05, 3.63) is 47.9 Å². The summed E-state index contributed by atoms with van der Waals surface area (Å²) in [5.41, 5.74) is 1.54. The summed E-state index contributed by atoms with van der Waals surface area (Å²) in [6.07, 6.45) is 5.91. The zero-order valence-corrected chi connectivity index (χ0v) is 15.4. The summed E-state index contributed by atoms with van der Waals surface area (Å²) in [5.74, 6) is 1.81. The van der Waals surface area contributed by atoms with Gasteiger partial charge in [0.25, 0.3) is 0 Å². The van der Waals surface area contributed by atoms with Crippen molar-refractivity contribution in [3.8, 4) is 11.6 Å². The van der Waals surface area contributed by atoms with E-state index in [2.05, 4.69) is 14.9 Å². The molecule has 0 atom stereocenters. The molecule has 1 aromatic carbocycles. The number of piperidine rings is 1. The predicted octanol–water partition coefficient (Wildman–Crippen LogP) is 2.98. The maximum Gasteiger partial charge on any atom is 0.236 e. The molecule has 1 fully saturated rings. The Hall–Kier alpha value is -2.47. The number of benzene rings is 1. The van der Waals surface area contributed by atoms with Crippen molar-refractivity contribution in [2.24, 2.45) is 5.92 Å². The second kappa shape index (κ2) is 8.76. The van der Waals surface area contributed by atoms with Gasteiger partial charge in [0.2, 0.25) is 5.88 Å². The van der Waals surface area contributed by atoms with E-state index in [0.29, 0.717) is 29.5 Å². The lowest BCUT2D eigenvalue weighted by molar-refractivity contribution is 0.0921. The minimum atomic E-state index is 0.163. The Morgan fingerprint density at radius 1 is 1.12 bits per heavy atom. The first kappa shape index (κ1) is 18.3. The Morgan fingerprint density at radius 3 is 2.58 bits per heavy atom. The highest BCUT2D eigenvalue weighted by molar-refractivity contribution is 5.98. The molecule has 6 heteroatoms. The van der Waals surface area contributed by atoms with Gasteiger partial charge < -0.3 is 9.47 Å².